The average molecular weight is 410 g/mol. The van der Waals surface area contributed by atoms with E-state index in [1.807, 2.05) is 25.1 Å². The van der Waals surface area contributed by atoms with Crippen LogP contribution in [0.3, 0.4) is 0 Å². The Morgan fingerprint density at radius 1 is 1.17 bits per heavy atom. The lowest BCUT2D eigenvalue weighted by Crippen LogP contribution is -2.26. The Bertz CT molecular complexity index is 828. The largest absolute Gasteiger partial charge is 0.499 e. The molecule has 0 radical (unpaired) electrons. The monoisotopic (exact) mass is 409 g/mol. The van der Waals surface area contributed by atoms with Crippen LogP contribution in [0.1, 0.15) is 57.0 Å². The Morgan fingerprint density at radius 2 is 1.93 bits per heavy atom. The van der Waals surface area contributed by atoms with E-state index >= 15 is 0 Å². The second kappa shape index (κ2) is 12.6. The van der Waals surface area contributed by atoms with Gasteiger partial charge in [-0.1, -0.05) is 50.3 Å². The van der Waals surface area contributed by atoms with Gasteiger partial charge in [0.15, 0.2) is 5.82 Å². The van der Waals surface area contributed by atoms with Crippen LogP contribution in [-0.4, -0.2) is 35.9 Å². The maximum absolute atomic E-state index is 5.47. The number of nitrogens with zero attached hydrogens (tertiary/aromatic N) is 4. The molecule has 162 valence electrons. The van der Waals surface area contributed by atoms with Crippen molar-refractivity contribution in [1.82, 2.24) is 9.97 Å². The summed E-state index contributed by atoms with van der Waals surface area (Å²) in [5.41, 5.74) is 5.33. The highest BCUT2D eigenvalue weighted by Gasteiger charge is 2.11. The van der Waals surface area contributed by atoms with Gasteiger partial charge in [0.2, 0.25) is 0 Å². The summed E-state index contributed by atoms with van der Waals surface area (Å²) in [6.07, 6.45) is 5.31. The number of allylic oxidation sites excluding steroid dienone is 1. The summed E-state index contributed by atoms with van der Waals surface area (Å²) in [6.45, 7) is 14.9. The number of aromatic nitrogens is 2. The predicted octanol–water partition coefficient (Wildman–Crippen LogP) is 5.34. The first kappa shape index (κ1) is 23.4. The fourth-order valence-electron chi connectivity index (χ4n) is 3.15. The molecule has 1 aromatic heterocycles. The molecule has 0 spiro atoms. The van der Waals surface area contributed by atoms with E-state index in [0.29, 0.717) is 25.3 Å². The molecule has 0 aliphatic heterocycles. The van der Waals surface area contributed by atoms with E-state index in [1.165, 1.54) is 5.56 Å². The Morgan fingerprint density at radius 3 is 2.60 bits per heavy atom. The Kier molecular flexibility index (Phi) is 9.84. The Balaban J connectivity index is 2.21. The highest BCUT2D eigenvalue weighted by atomic mass is 16.5. The zero-order chi connectivity index (χ0) is 21.8. The smallest absolute Gasteiger partial charge is 0.152 e. The molecule has 0 saturated heterocycles. The number of nitrogens with one attached hydrogen (secondary N) is 1. The van der Waals surface area contributed by atoms with E-state index in [4.69, 9.17) is 9.72 Å². The van der Waals surface area contributed by atoms with Crippen LogP contribution in [0.25, 0.3) is 0 Å². The van der Waals surface area contributed by atoms with E-state index in [2.05, 4.69) is 59.9 Å². The molecule has 0 amide bonds. The Labute approximate surface area is 181 Å². The average Bonchev–Trinajstić information content (AvgIpc) is 2.72. The standard InChI is InChI=1S/C24H35N5O/c1-6-14-29(15-7-2)24-17-23(26-22(27-24)13-12-20(5)30-8-3)28-25-18-21-11-9-10-19(4)16-21/h9-11,16-18H,5-8,12-15H2,1-4H3,(H,26,27,28)/b25-18+. The van der Waals surface area contributed by atoms with Gasteiger partial charge in [-0.3, -0.25) is 5.43 Å². The van der Waals surface area contributed by atoms with Crippen molar-refractivity contribution in [3.63, 3.8) is 0 Å². The normalized spacial score (nSPS) is 10.9. The molecule has 1 aromatic carbocycles. The lowest BCUT2D eigenvalue weighted by atomic mass is 10.2. The van der Waals surface area contributed by atoms with Crippen molar-refractivity contribution < 1.29 is 4.74 Å². The van der Waals surface area contributed by atoms with Gasteiger partial charge in [0.05, 0.1) is 18.6 Å². The molecule has 2 aromatic rings. The minimum atomic E-state index is 0.626. The molecule has 0 aliphatic carbocycles. The van der Waals surface area contributed by atoms with Gasteiger partial charge in [-0.2, -0.15) is 5.10 Å². The number of anilines is 2. The van der Waals surface area contributed by atoms with Crippen LogP contribution < -0.4 is 10.3 Å². The van der Waals surface area contributed by atoms with E-state index in [1.54, 1.807) is 6.21 Å². The van der Waals surface area contributed by atoms with Gasteiger partial charge >= 0.3 is 0 Å². The maximum atomic E-state index is 5.47. The second-order valence-corrected chi connectivity index (χ2v) is 7.27. The van der Waals surface area contributed by atoms with Gasteiger partial charge in [-0.15, -0.1) is 0 Å². The zero-order valence-electron chi connectivity index (χ0n) is 18.8. The van der Waals surface area contributed by atoms with Crippen molar-refractivity contribution in [3.05, 3.63) is 59.6 Å². The summed E-state index contributed by atoms with van der Waals surface area (Å²) in [4.78, 5) is 11.8. The van der Waals surface area contributed by atoms with Crippen LogP contribution in [-0.2, 0) is 11.2 Å². The molecule has 1 heterocycles. The molecule has 6 heteroatoms. The number of hydrogen-bond donors (Lipinski definition) is 1. The molecule has 0 atom stereocenters. The molecule has 2 rings (SSSR count). The van der Waals surface area contributed by atoms with Gasteiger partial charge < -0.3 is 9.64 Å². The van der Waals surface area contributed by atoms with Crippen molar-refractivity contribution in [3.8, 4) is 0 Å². The number of hydrazone groups is 1. The molecular weight excluding hydrogens is 374 g/mol. The third-order valence-corrected chi connectivity index (χ3v) is 4.48. The highest BCUT2D eigenvalue weighted by Crippen LogP contribution is 2.19. The number of ether oxygens (including phenoxy) is 1. The number of hydrogen-bond acceptors (Lipinski definition) is 6. The highest BCUT2D eigenvalue weighted by molar-refractivity contribution is 5.80. The van der Waals surface area contributed by atoms with E-state index in [-0.39, 0.29) is 0 Å². The van der Waals surface area contributed by atoms with E-state index in [9.17, 15) is 0 Å². The summed E-state index contributed by atoms with van der Waals surface area (Å²) in [6, 6.07) is 10.2. The molecule has 30 heavy (non-hydrogen) atoms. The molecular formula is C24H35N5O. The topological polar surface area (TPSA) is 62.6 Å². The van der Waals surface area contributed by atoms with E-state index in [0.717, 1.165) is 48.9 Å². The molecule has 0 unspecified atom stereocenters. The second-order valence-electron chi connectivity index (χ2n) is 7.27. The minimum Gasteiger partial charge on any atom is -0.499 e. The molecule has 0 fully saturated rings. The first-order chi connectivity index (χ1) is 14.5. The maximum Gasteiger partial charge on any atom is 0.152 e. The third-order valence-electron chi connectivity index (χ3n) is 4.48. The SMILES string of the molecule is C=C(CCc1nc(N/N=C/c2cccc(C)c2)cc(N(CCC)CCC)n1)OCC. The lowest BCUT2D eigenvalue weighted by molar-refractivity contribution is 0.220. The molecule has 1 N–H and O–H groups in total. The number of benzene rings is 1. The van der Waals surface area contributed by atoms with Crippen molar-refractivity contribution in [2.75, 3.05) is 30.0 Å². The van der Waals surface area contributed by atoms with Crippen LogP contribution in [0, 0.1) is 6.92 Å². The first-order valence-corrected chi connectivity index (χ1v) is 10.8. The van der Waals surface area contributed by atoms with Gasteiger partial charge in [-0.25, -0.2) is 9.97 Å². The van der Waals surface area contributed by atoms with Crippen molar-refractivity contribution in [2.24, 2.45) is 5.10 Å². The zero-order valence-corrected chi connectivity index (χ0v) is 18.8. The summed E-state index contributed by atoms with van der Waals surface area (Å²) in [5.74, 6) is 3.15. The molecule has 0 saturated carbocycles. The lowest BCUT2D eigenvalue weighted by Gasteiger charge is -2.23. The van der Waals surface area contributed by atoms with Crippen molar-refractivity contribution in [1.29, 1.82) is 0 Å². The summed E-state index contributed by atoms with van der Waals surface area (Å²) in [5, 5.41) is 4.39. The molecule has 6 nitrogen and oxygen atoms in total. The summed E-state index contributed by atoms with van der Waals surface area (Å²) >= 11 is 0. The van der Waals surface area contributed by atoms with Crippen LogP contribution >= 0.6 is 0 Å². The van der Waals surface area contributed by atoms with Crippen LogP contribution in [0.15, 0.2) is 47.8 Å². The van der Waals surface area contributed by atoms with Gasteiger partial charge in [0.25, 0.3) is 0 Å². The molecule has 0 bridgehead atoms. The quantitative estimate of drug-likeness (QED) is 0.275. The molecule has 0 aliphatic rings. The van der Waals surface area contributed by atoms with Crippen molar-refractivity contribution in [2.45, 2.75) is 53.4 Å². The van der Waals surface area contributed by atoms with Crippen LogP contribution in [0.5, 0.6) is 0 Å². The van der Waals surface area contributed by atoms with Gasteiger partial charge in [0, 0.05) is 32.0 Å². The van der Waals surface area contributed by atoms with Gasteiger partial charge in [-0.05, 0) is 32.3 Å². The minimum absolute atomic E-state index is 0.626. The van der Waals surface area contributed by atoms with Crippen LogP contribution in [0.4, 0.5) is 11.6 Å². The summed E-state index contributed by atoms with van der Waals surface area (Å²) in [7, 11) is 0. The summed E-state index contributed by atoms with van der Waals surface area (Å²) < 4.78 is 5.47. The van der Waals surface area contributed by atoms with Crippen LogP contribution in [0.2, 0.25) is 0 Å². The van der Waals surface area contributed by atoms with Gasteiger partial charge in [0.1, 0.15) is 11.6 Å². The van der Waals surface area contributed by atoms with Crippen molar-refractivity contribution >= 4 is 17.9 Å². The first-order valence-electron chi connectivity index (χ1n) is 10.8. The Hall–Kier alpha value is -2.89. The third kappa shape index (κ3) is 7.85. The van der Waals surface area contributed by atoms with E-state index < -0.39 is 0 Å². The number of rotatable bonds is 13. The fraction of sp³-hybridized carbons (Fsp3) is 0.458. The predicted molar refractivity (Wildman–Crippen MR) is 126 cm³/mol. The number of aryl methyl sites for hydroxylation is 2. The fourth-order valence-corrected chi connectivity index (χ4v) is 3.15.